The molecule has 0 atom stereocenters. The average molecular weight is 468 g/mol. The average Bonchev–Trinajstić information content (AvgIpc) is 2.77. The number of hydrogen-bond donors (Lipinski definition) is 1. The van der Waals surface area contributed by atoms with Crippen molar-refractivity contribution in [2.75, 3.05) is 18.0 Å². The Morgan fingerprint density at radius 1 is 0.967 bits per heavy atom. The Kier molecular flexibility index (Phi) is 6.23. The number of anilines is 1. The van der Waals surface area contributed by atoms with Crippen molar-refractivity contribution in [3.63, 3.8) is 0 Å². The molecule has 1 N–H and O–H groups in total. The minimum Gasteiger partial charge on any atom is -0.358 e. The molecule has 5 nitrogen and oxygen atoms in total. The molecule has 1 fully saturated rings. The van der Waals surface area contributed by atoms with Crippen LogP contribution in [-0.4, -0.2) is 22.6 Å². The molecule has 6 heteroatoms. The number of rotatable bonds is 5. The normalized spacial score (nSPS) is 14.8. The molecule has 0 radical (unpaired) electrons. The Morgan fingerprint density at radius 3 is 2.30 bits per heavy atom. The maximum Gasteiger partial charge on any atom is 0.329 e. The molecule has 156 valence electrons. The van der Waals surface area contributed by atoms with Gasteiger partial charge < -0.3 is 4.90 Å². The van der Waals surface area contributed by atoms with Gasteiger partial charge in [0.15, 0.2) is 0 Å². The van der Waals surface area contributed by atoms with E-state index in [1.807, 2.05) is 30.3 Å². The third-order valence-electron chi connectivity index (χ3n) is 5.97. The molecule has 0 unspecified atom stereocenters. The van der Waals surface area contributed by atoms with E-state index in [0.29, 0.717) is 23.7 Å². The standard InChI is InChI=1S/C24H26BrN3O2/c1-27-23(29)21(16-18-7-9-20(25)10-8-18)22(26-24(27)30)28-13-11-19(12-14-28)15-17-5-3-2-4-6-17/h2-10,19H,11-16H2,1H3,(H,26,30). The monoisotopic (exact) mass is 467 g/mol. The fourth-order valence-electron chi connectivity index (χ4n) is 4.20. The summed E-state index contributed by atoms with van der Waals surface area (Å²) in [6.07, 6.45) is 3.66. The van der Waals surface area contributed by atoms with E-state index in [0.717, 1.165) is 42.4 Å². The Hall–Kier alpha value is -2.60. The maximum absolute atomic E-state index is 12.9. The first-order valence-electron chi connectivity index (χ1n) is 10.4. The van der Waals surface area contributed by atoms with Crippen molar-refractivity contribution in [3.8, 4) is 0 Å². The SMILES string of the molecule is Cn1c(=O)[nH]c(N2CCC(Cc3ccccc3)CC2)c(Cc2ccc(Br)cc2)c1=O. The zero-order valence-corrected chi connectivity index (χ0v) is 18.7. The first kappa shape index (κ1) is 20.7. The molecule has 3 aromatic rings. The molecule has 30 heavy (non-hydrogen) atoms. The van der Waals surface area contributed by atoms with Crippen molar-refractivity contribution in [2.45, 2.75) is 25.7 Å². The number of nitrogens with zero attached hydrogens (tertiary/aromatic N) is 2. The molecule has 0 amide bonds. The van der Waals surface area contributed by atoms with Gasteiger partial charge in [0, 0.05) is 31.0 Å². The molecular formula is C24H26BrN3O2. The van der Waals surface area contributed by atoms with Gasteiger partial charge in [0.1, 0.15) is 5.82 Å². The lowest BCUT2D eigenvalue weighted by molar-refractivity contribution is 0.401. The minimum atomic E-state index is -0.360. The molecular weight excluding hydrogens is 442 g/mol. The molecule has 2 heterocycles. The Morgan fingerprint density at radius 2 is 1.63 bits per heavy atom. The molecule has 1 saturated heterocycles. The van der Waals surface area contributed by atoms with Crippen molar-refractivity contribution in [1.82, 2.24) is 9.55 Å². The summed E-state index contributed by atoms with van der Waals surface area (Å²) in [4.78, 5) is 30.4. The Bertz CT molecular complexity index is 1110. The zero-order valence-electron chi connectivity index (χ0n) is 17.1. The Balaban J connectivity index is 1.55. The van der Waals surface area contributed by atoms with Crippen LogP contribution in [0.3, 0.4) is 0 Å². The maximum atomic E-state index is 12.9. The van der Waals surface area contributed by atoms with Crippen LogP contribution >= 0.6 is 15.9 Å². The predicted molar refractivity (Wildman–Crippen MR) is 124 cm³/mol. The van der Waals surface area contributed by atoms with Gasteiger partial charge in [-0.15, -0.1) is 0 Å². The number of halogens is 1. The highest BCUT2D eigenvalue weighted by Gasteiger charge is 2.24. The summed E-state index contributed by atoms with van der Waals surface area (Å²) in [6, 6.07) is 18.5. The highest BCUT2D eigenvalue weighted by atomic mass is 79.9. The first-order chi connectivity index (χ1) is 14.5. The van der Waals surface area contributed by atoms with Crippen LogP contribution in [0.25, 0.3) is 0 Å². The Labute approximate surface area is 184 Å². The lowest BCUT2D eigenvalue weighted by atomic mass is 9.90. The van der Waals surface area contributed by atoms with E-state index >= 15 is 0 Å². The van der Waals surface area contributed by atoms with Gasteiger partial charge in [-0.25, -0.2) is 4.79 Å². The lowest BCUT2D eigenvalue weighted by Gasteiger charge is -2.34. The van der Waals surface area contributed by atoms with Crippen molar-refractivity contribution in [2.24, 2.45) is 13.0 Å². The number of hydrogen-bond acceptors (Lipinski definition) is 3. The molecule has 1 aliphatic rings. The number of aromatic amines is 1. The second-order valence-electron chi connectivity index (χ2n) is 8.04. The first-order valence-corrected chi connectivity index (χ1v) is 11.2. The second kappa shape index (κ2) is 9.04. The van der Waals surface area contributed by atoms with Gasteiger partial charge >= 0.3 is 5.69 Å². The number of H-pyrrole nitrogens is 1. The molecule has 1 aliphatic heterocycles. The summed E-state index contributed by atoms with van der Waals surface area (Å²) < 4.78 is 2.17. The zero-order chi connectivity index (χ0) is 21.1. The molecule has 0 bridgehead atoms. The van der Waals surface area contributed by atoms with Crippen molar-refractivity contribution >= 4 is 21.7 Å². The third kappa shape index (κ3) is 4.59. The van der Waals surface area contributed by atoms with E-state index in [1.165, 1.54) is 17.2 Å². The summed E-state index contributed by atoms with van der Waals surface area (Å²) in [5, 5.41) is 0. The van der Waals surface area contributed by atoms with Crippen molar-refractivity contribution in [1.29, 1.82) is 0 Å². The van der Waals surface area contributed by atoms with Gasteiger partial charge in [0.2, 0.25) is 0 Å². The summed E-state index contributed by atoms with van der Waals surface area (Å²) in [5.74, 6) is 1.31. The van der Waals surface area contributed by atoms with E-state index in [4.69, 9.17) is 0 Å². The summed E-state index contributed by atoms with van der Waals surface area (Å²) in [5.41, 5.74) is 2.49. The lowest BCUT2D eigenvalue weighted by Crippen LogP contribution is -2.42. The summed E-state index contributed by atoms with van der Waals surface area (Å²) in [6.45, 7) is 1.68. The van der Waals surface area contributed by atoms with Crippen LogP contribution in [0, 0.1) is 5.92 Å². The highest BCUT2D eigenvalue weighted by Crippen LogP contribution is 2.26. The van der Waals surface area contributed by atoms with Crippen LogP contribution < -0.4 is 16.1 Å². The van der Waals surface area contributed by atoms with E-state index < -0.39 is 0 Å². The van der Waals surface area contributed by atoms with E-state index in [2.05, 4.69) is 50.1 Å². The van der Waals surface area contributed by atoms with Gasteiger partial charge in [-0.05, 0) is 48.4 Å². The van der Waals surface area contributed by atoms with Gasteiger partial charge in [0.05, 0.1) is 5.56 Å². The largest absolute Gasteiger partial charge is 0.358 e. The summed E-state index contributed by atoms with van der Waals surface area (Å²) >= 11 is 3.45. The summed E-state index contributed by atoms with van der Waals surface area (Å²) in [7, 11) is 1.53. The fourth-order valence-corrected chi connectivity index (χ4v) is 4.46. The molecule has 4 rings (SSSR count). The molecule has 0 aliphatic carbocycles. The number of aromatic nitrogens is 2. The molecule has 2 aromatic carbocycles. The van der Waals surface area contributed by atoms with Crippen LogP contribution in [0.15, 0.2) is 68.7 Å². The van der Waals surface area contributed by atoms with Crippen LogP contribution in [0.1, 0.15) is 29.5 Å². The minimum absolute atomic E-state index is 0.219. The van der Waals surface area contributed by atoms with Crippen LogP contribution in [0.4, 0.5) is 5.82 Å². The van der Waals surface area contributed by atoms with E-state index in [-0.39, 0.29) is 11.2 Å². The smallest absolute Gasteiger partial charge is 0.329 e. The van der Waals surface area contributed by atoms with Crippen molar-refractivity contribution < 1.29 is 0 Å². The highest BCUT2D eigenvalue weighted by molar-refractivity contribution is 9.10. The van der Waals surface area contributed by atoms with Gasteiger partial charge in [-0.3, -0.25) is 14.3 Å². The molecule has 0 saturated carbocycles. The van der Waals surface area contributed by atoms with E-state index in [9.17, 15) is 9.59 Å². The van der Waals surface area contributed by atoms with Crippen LogP contribution in [0.5, 0.6) is 0 Å². The quantitative estimate of drug-likeness (QED) is 0.619. The van der Waals surface area contributed by atoms with Gasteiger partial charge in [0.25, 0.3) is 5.56 Å². The molecule has 0 spiro atoms. The number of nitrogens with one attached hydrogen (secondary N) is 1. The van der Waals surface area contributed by atoms with Crippen LogP contribution in [0.2, 0.25) is 0 Å². The topological polar surface area (TPSA) is 58.1 Å². The van der Waals surface area contributed by atoms with Crippen LogP contribution in [-0.2, 0) is 19.9 Å². The van der Waals surface area contributed by atoms with Gasteiger partial charge in [-0.2, -0.15) is 0 Å². The molecule has 1 aromatic heterocycles. The van der Waals surface area contributed by atoms with Crippen molar-refractivity contribution in [3.05, 3.63) is 96.6 Å². The predicted octanol–water partition coefficient (Wildman–Crippen LogP) is 3.89. The number of piperidine rings is 1. The number of benzene rings is 2. The van der Waals surface area contributed by atoms with E-state index in [1.54, 1.807) is 0 Å². The fraction of sp³-hybridized carbons (Fsp3) is 0.333. The third-order valence-corrected chi connectivity index (χ3v) is 6.50. The van der Waals surface area contributed by atoms with Gasteiger partial charge in [-0.1, -0.05) is 58.4 Å². The second-order valence-corrected chi connectivity index (χ2v) is 8.96.